The van der Waals surface area contributed by atoms with E-state index in [1.165, 1.54) is 25.7 Å². The van der Waals surface area contributed by atoms with Crippen LogP contribution in [0.2, 0.25) is 5.15 Å². The van der Waals surface area contributed by atoms with Gasteiger partial charge in [0, 0.05) is 18.2 Å². The summed E-state index contributed by atoms with van der Waals surface area (Å²) < 4.78 is 0. The van der Waals surface area contributed by atoms with Gasteiger partial charge < -0.3 is 4.90 Å². The molecular formula is C16H26ClN3. The summed E-state index contributed by atoms with van der Waals surface area (Å²) in [6, 6.07) is 0.624. The van der Waals surface area contributed by atoms with Crippen molar-refractivity contribution in [2.75, 3.05) is 11.4 Å². The predicted octanol–water partition coefficient (Wildman–Crippen LogP) is 4.49. The van der Waals surface area contributed by atoms with Crippen LogP contribution >= 0.6 is 11.6 Å². The smallest absolute Gasteiger partial charge is 0.137 e. The van der Waals surface area contributed by atoms with E-state index in [2.05, 4.69) is 35.6 Å². The molecular weight excluding hydrogens is 270 g/mol. The molecule has 0 N–H and O–H groups in total. The maximum atomic E-state index is 6.32. The number of anilines is 1. The van der Waals surface area contributed by atoms with Crippen LogP contribution in [-0.4, -0.2) is 22.6 Å². The van der Waals surface area contributed by atoms with E-state index >= 15 is 0 Å². The fourth-order valence-corrected chi connectivity index (χ4v) is 3.34. The first kappa shape index (κ1) is 15.6. The summed E-state index contributed by atoms with van der Waals surface area (Å²) in [6.45, 7) is 7.76. The zero-order chi connectivity index (χ0) is 14.5. The summed E-state index contributed by atoms with van der Waals surface area (Å²) in [4.78, 5) is 11.3. The summed E-state index contributed by atoms with van der Waals surface area (Å²) in [5.41, 5.74) is 1.13. The Morgan fingerprint density at radius 2 is 2.00 bits per heavy atom. The number of hydrogen-bond donors (Lipinski definition) is 0. The third-order valence-electron chi connectivity index (χ3n) is 3.97. The third-order valence-corrected chi connectivity index (χ3v) is 4.30. The molecule has 1 aromatic rings. The van der Waals surface area contributed by atoms with E-state index in [0.717, 1.165) is 30.8 Å². The first-order valence-electron chi connectivity index (χ1n) is 7.89. The standard InChI is InChI=1S/C16H26ClN3/c1-4-7-14-15(17)18-11-19-16(14)20(10-12(2)3)13-8-5-6-9-13/h11-13H,4-10H2,1-3H3. The number of rotatable bonds is 6. The molecule has 1 saturated carbocycles. The highest BCUT2D eigenvalue weighted by molar-refractivity contribution is 6.30. The number of nitrogens with zero attached hydrogens (tertiary/aromatic N) is 3. The highest BCUT2D eigenvalue weighted by Crippen LogP contribution is 2.32. The lowest BCUT2D eigenvalue weighted by atomic mass is 10.1. The Morgan fingerprint density at radius 1 is 1.30 bits per heavy atom. The molecule has 0 atom stereocenters. The van der Waals surface area contributed by atoms with Gasteiger partial charge in [0.2, 0.25) is 0 Å². The van der Waals surface area contributed by atoms with Crippen LogP contribution in [0.5, 0.6) is 0 Å². The van der Waals surface area contributed by atoms with Crippen LogP contribution in [-0.2, 0) is 6.42 Å². The molecule has 2 rings (SSSR count). The van der Waals surface area contributed by atoms with Gasteiger partial charge in [0.25, 0.3) is 0 Å². The molecule has 0 radical (unpaired) electrons. The minimum absolute atomic E-state index is 0.624. The summed E-state index contributed by atoms with van der Waals surface area (Å²) in [5.74, 6) is 1.70. The first-order chi connectivity index (χ1) is 9.63. The molecule has 0 saturated heterocycles. The largest absolute Gasteiger partial charge is 0.353 e. The molecule has 112 valence electrons. The third kappa shape index (κ3) is 3.63. The van der Waals surface area contributed by atoms with E-state index in [4.69, 9.17) is 11.6 Å². The lowest BCUT2D eigenvalue weighted by Gasteiger charge is -2.33. The average Bonchev–Trinajstić information content (AvgIpc) is 2.92. The van der Waals surface area contributed by atoms with Crippen molar-refractivity contribution >= 4 is 17.4 Å². The summed E-state index contributed by atoms with van der Waals surface area (Å²) in [6.07, 6.45) is 8.86. The molecule has 0 spiro atoms. The van der Waals surface area contributed by atoms with E-state index in [1.54, 1.807) is 6.33 Å². The van der Waals surface area contributed by atoms with Gasteiger partial charge in [-0.2, -0.15) is 0 Å². The van der Waals surface area contributed by atoms with E-state index in [-0.39, 0.29) is 0 Å². The molecule has 3 nitrogen and oxygen atoms in total. The second-order valence-corrected chi connectivity index (χ2v) is 6.56. The van der Waals surface area contributed by atoms with E-state index in [0.29, 0.717) is 17.1 Å². The van der Waals surface area contributed by atoms with Crippen molar-refractivity contribution in [3.8, 4) is 0 Å². The van der Waals surface area contributed by atoms with Crippen LogP contribution in [0.15, 0.2) is 6.33 Å². The first-order valence-corrected chi connectivity index (χ1v) is 8.27. The Kier molecular flexibility index (Phi) is 5.64. The van der Waals surface area contributed by atoms with Gasteiger partial charge in [-0.25, -0.2) is 9.97 Å². The summed E-state index contributed by atoms with van der Waals surface area (Å²) >= 11 is 6.32. The minimum atomic E-state index is 0.624. The fourth-order valence-electron chi connectivity index (χ4n) is 3.11. The monoisotopic (exact) mass is 295 g/mol. The van der Waals surface area contributed by atoms with Gasteiger partial charge in [0.15, 0.2) is 0 Å². The van der Waals surface area contributed by atoms with Crippen molar-refractivity contribution in [1.82, 2.24) is 9.97 Å². The van der Waals surface area contributed by atoms with Crippen LogP contribution in [0, 0.1) is 5.92 Å². The molecule has 0 aliphatic heterocycles. The van der Waals surface area contributed by atoms with Crippen molar-refractivity contribution in [3.63, 3.8) is 0 Å². The minimum Gasteiger partial charge on any atom is -0.353 e. The van der Waals surface area contributed by atoms with E-state index < -0.39 is 0 Å². The maximum absolute atomic E-state index is 6.32. The maximum Gasteiger partial charge on any atom is 0.137 e. The molecule has 4 heteroatoms. The van der Waals surface area contributed by atoms with Crippen LogP contribution in [0.3, 0.4) is 0 Å². The summed E-state index contributed by atoms with van der Waals surface area (Å²) in [5, 5.41) is 0.628. The molecule has 0 amide bonds. The number of hydrogen-bond acceptors (Lipinski definition) is 3. The Balaban J connectivity index is 2.34. The Hall–Kier alpha value is -0.830. The molecule has 1 fully saturated rings. The Labute approximate surface area is 127 Å². The Morgan fingerprint density at radius 3 is 2.60 bits per heavy atom. The average molecular weight is 296 g/mol. The molecule has 0 aromatic carbocycles. The van der Waals surface area contributed by atoms with Gasteiger partial charge in [-0.1, -0.05) is 51.6 Å². The molecule has 0 bridgehead atoms. The topological polar surface area (TPSA) is 29.0 Å². The molecule has 20 heavy (non-hydrogen) atoms. The van der Waals surface area contributed by atoms with E-state index in [9.17, 15) is 0 Å². The van der Waals surface area contributed by atoms with Crippen molar-refractivity contribution in [2.45, 2.75) is 65.3 Å². The van der Waals surface area contributed by atoms with Crippen molar-refractivity contribution in [3.05, 3.63) is 17.0 Å². The van der Waals surface area contributed by atoms with Crippen molar-refractivity contribution in [2.24, 2.45) is 5.92 Å². The Bertz CT molecular complexity index is 428. The van der Waals surface area contributed by atoms with Gasteiger partial charge >= 0.3 is 0 Å². The molecule has 1 heterocycles. The van der Waals surface area contributed by atoms with Gasteiger partial charge in [0.05, 0.1) is 0 Å². The highest BCUT2D eigenvalue weighted by Gasteiger charge is 2.26. The zero-order valence-electron chi connectivity index (χ0n) is 12.9. The van der Waals surface area contributed by atoms with Crippen molar-refractivity contribution in [1.29, 1.82) is 0 Å². The lowest BCUT2D eigenvalue weighted by Crippen LogP contribution is -2.37. The van der Waals surface area contributed by atoms with Gasteiger partial charge in [-0.3, -0.25) is 0 Å². The molecule has 1 aliphatic carbocycles. The van der Waals surface area contributed by atoms with Crippen LogP contribution in [0.25, 0.3) is 0 Å². The molecule has 0 unspecified atom stereocenters. The van der Waals surface area contributed by atoms with Gasteiger partial charge in [-0.15, -0.1) is 0 Å². The van der Waals surface area contributed by atoms with Crippen LogP contribution in [0.1, 0.15) is 58.4 Å². The van der Waals surface area contributed by atoms with E-state index in [1.807, 2.05) is 0 Å². The number of halogens is 1. The molecule has 1 aromatic heterocycles. The molecule has 1 aliphatic rings. The summed E-state index contributed by atoms with van der Waals surface area (Å²) in [7, 11) is 0. The number of aromatic nitrogens is 2. The predicted molar refractivity (Wildman–Crippen MR) is 85.5 cm³/mol. The second-order valence-electron chi connectivity index (χ2n) is 6.20. The highest BCUT2D eigenvalue weighted by atomic mass is 35.5. The second kappa shape index (κ2) is 7.26. The van der Waals surface area contributed by atoms with Crippen LogP contribution < -0.4 is 4.90 Å². The van der Waals surface area contributed by atoms with Crippen molar-refractivity contribution < 1.29 is 0 Å². The van der Waals surface area contributed by atoms with Gasteiger partial charge in [0.1, 0.15) is 17.3 Å². The van der Waals surface area contributed by atoms with Crippen LogP contribution in [0.4, 0.5) is 5.82 Å². The normalized spacial score (nSPS) is 16.1. The lowest BCUT2D eigenvalue weighted by molar-refractivity contribution is 0.528. The fraction of sp³-hybridized carbons (Fsp3) is 0.750. The quantitative estimate of drug-likeness (QED) is 0.724. The van der Waals surface area contributed by atoms with Gasteiger partial charge in [-0.05, 0) is 25.2 Å². The zero-order valence-corrected chi connectivity index (χ0v) is 13.7. The SMILES string of the molecule is CCCc1c(Cl)ncnc1N(CC(C)C)C1CCCC1.